The second-order valence-electron chi connectivity index (χ2n) is 7.05. The Bertz CT molecular complexity index is 647. The molecule has 0 radical (unpaired) electrons. The van der Waals surface area contributed by atoms with Gasteiger partial charge in [0.1, 0.15) is 5.41 Å². The summed E-state index contributed by atoms with van der Waals surface area (Å²) in [4.78, 5) is 38.5. The number of likely N-dealkylation sites (tertiary alicyclic amines) is 1. The van der Waals surface area contributed by atoms with Gasteiger partial charge in [-0.2, -0.15) is 0 Å². The highest BCUT2D eigenvalue weighted by Crippen LogP contribution is 2.25. The van der Waals surface area contributed by atoms with Crippen LogP contribution >= 0.6 is 0 Å². The minimum atomic E-state index is -1.14. The molecule has 0 saturated carbocycles. The van der Waals surface area contributed by atoms with E-state index in [1.165, 1.54) is 6.92 Å². The Morgan fingerprint density at radius 2 is 1.52 bits per heavy atom. The van der Waals surface area contributed by atoms with Gasteiger partial charge in [-0.1, -0.05) is 18.9 Å². The van der Waals surface area contributed by atoms with Gasteiger partial charge in [0.2, 0.25) is 17.7 Å². The van der Waals surface area contributed by atoms with Gasteiger partial charge >= 0.3 is 0 Å². The molecular weight excluding hydrogens is 318 g/mol. The Balaban J connectivity index is 2.07. The second kappa shape index (κ2) is 8.14. The van der Waals surface area contributed by atoms with Gasteiger partial charge in [0.25, 0.3) is 0 Å². The maximum Gasteiger partial charge on any atom is 0.239 e. The Kier molecular flexibility index (Phi) is 6.17. The molecule has 2 rings (SSSR count). The molecule has 1 heterocycles. The molecule has 0 bridgehead atoms. The first-order valence-corrected chi connectivity index (χ1v) is 8.79. The fourth-order valence-electron chi connectivity index (χ4n) is 2.93. The van der Waals surface area contributed by atoms with E-state index in [-0.39, 0.29) is 17.7 Å². The second-order valence-corrected chi connectivity index (χ2v) is 7.05. The number of anilines is 2. The molecule has 0 aliphatic carbocycles. The summed E-state index contributed by atoms with van der Waals surface area (Å²) in [5.74, 6) is -0.660. The van der Waals surface area contributed by atoms with Crippen LogP contribution in [0.25, 0.3) is 0 Å². The number of benzene rings is 1. The number of rotatable bonds is 4. The van der Waals surface area contributed by atoms with E-state index in [1.54, 1.807) is 43.0 Å². The van der Waals surface area contributed by atoms with E-state index in [9.17, 15) is 14.4 Å². The predicted octanol–water partition coefficient (Wildman–Crippen LogP) is 3.01. The lowest BCUT2D eigenvalue weighted by atomic mass is 9.90. The molecule has 0 aromatic heterocycles. The number of carbonyl (C=O) groups is 3. The van der Waals surface area contributed by atoms with Crippen LogP contribution in [0.2, 0.25) is 0 Å². The first-order valence-electron chi connectivity index (χ1n) is 8.79. The minimum absolute atomic E-state index is 0.134. The predicted molar refractivity (Wildman–Crippen MR) is 98.2 cm³/mol. The molecule has 1 aliphatic heterocycles. The summed E-state index contributed by atoms with van der Waals surface area (Å²) in [5, 5.41) is 5.47. The van der Waals surface area contributed by atoms with E-state index < -0.39 is 5.41 Å². The molecule has 0 unspecified atom stereocenters. The number of amides is 3. The minimum Gasteiger partial charge on any atom is -0.342 e. The van der Waals surface area contributed by atoms with Crippen LogP contribution in [0.15, 0.2) is 24.3 Å². The Labute approximate surface area is 149 Å². The van der Waals surface area contributed by atoms with E-state index in [2.05, 4.69) is 10.6 Å². The molecule has 1 saturated heterocycles. The van der Waals surface area contributed by atoms with Crippen molar-refractivity contribution in [3.8, 4) is 0 Å². The summed E-state index contributed by atoms with van der Waals surface area (Å²) in [7, 11) is 0. The zero-order chi connectivity index (χ0) is 18.4. The summed E-state index contributed by atoms with van der Waals surface area (Å²) in [6.07, 6.45) is 4.24. The Morgan fingerprint density at radius 1 is 0.960 bits per heavy atom. The van der Waals surface area contributed by atoms with Gasteiger partial charge in [-0.25, -0.2) is 0 Å². The van der Waals surface area contributed by atoms with Crippen molar-refractivity contribution in [2.45, 2.75) is 46.5 Å². The normalized spacial score (nSPS) is 15.2. The van der Waals surface area contributed by atoms with Crippen LogP contribution in [-0.4, -0.2) is 35.7 Å². The Morgan fingerprint density at radius 3 is 2.08 bits per heavy atom. The lowest BCUT2D eigenvalue weighted by molar-refractivity contribution is -0.146. The molecule has 3 amide bonds. The highest BCUT2D eigenvalue weighted by molar-refractivity contribution is 6.10. The maximum absolute atomic E-state index is 12.8. The molecule has 1 aromatic rings. The summed E-state index contributed by atoms with van der Waals surface area (Å²) in [5.41, 5.74) is 0.00360. The largest absolute Gasteiger partial charge is 0.342 e. The third-order valence-electron chi connectivity index (χ3n) is 4.44. The fraction of sp³-hybridized carbons (Fsp3) is 0.526. The molecule has 1 fully saturated rings. The molecule has 1 aliphatic rings. The third kappa shape index (κ3) is 5.05. The summed E-state index contributed by atoms with van der Waals surface area (Å²) >= 11 is 0. The van der Waals surface area contributed by atoms with Gasteiger partial charge in [-0.15, -0.1) is 0 Å². The van der Waals surface area contributed by atoms with E-state index in [1.807, 2.05) is 0 Å². The quantitative estimate of drug-likeness (QED) is 0.823. The van der Waals surface area contributed by atoms with E-state index in [0.29, 0.717) is 24.5 Å². The molecule has 136 valence electrons. The number of carbonyl (C=O) groups excluding carboxylic acids is 3. The number of nitrogens with one attached hydrogen (secondary N) is 2. The highest BCUT2D eigenvalue weighted by atomic mass is 16.2. The highest BCUT2D eigenvalue weighted by Gasteiger charge is 2.39. The van der Waals surface area contributed by atoms with Crippen LogP contribution in [0.1, 0.15) is 46.5 Å². The lowest BCUT2D eigenvalue weighted by Crippen LogP contribution is -2.47. The average Bonchev–Trinajstić information content (AvgIpc) is 2.82. The van der Waals surface area contributed by atoms with Gasteiger partial charge < -0.3 is 15.5 Å². The van der Waals surface area contributed by atoms with Crippen LogP contribution in [0.4, 0.5) is 11.4 Å². The third-order valence-corrected chi connectivity index (χ3v) is 4.44. The van der Waals surface area contributed by atoms with Crippen LogP contribution in [-0.2, 0) is 14.4 Å². The fourth-order valence-corrected chi connectivity index (χ4v) is 2.93. The van der Waals surface area contributed by atoms with Crippen molar-refractivity contribution in [3.63, 3.8) is 0 Å². The molecule has 25 heavy (non-hydrogen) atoms. The van der Waals surface area contributed by atoms with E-state index in [4.69, 9.17) is 0 Å². The van der Waals surface area contributed by atoms with Crippen molar-refractivity contribution in [2.24, 2.45) is 5.41 Å². The van der Waals surface area contributed by atoms with Gasteiger partial charge in [-0.3, -0.25) is 14.4 Å². The topological polar surface area (TPSA) is 78.5 Å². The van der Waals surface area contributed by atoms with Crippen molar-refractivity contribution in [2.75, 3.05) is 23.7 Å². The van der Waals surface area contributed by atoms with Crippen molar-refractivity contribution in [1.82, 2.24) is 4.90 Å². The summed E-state index contributed by atoms with van der Waals surface area (Å²) in [6, 6.07) is 6.89. The SMILES string of the molecule is CC(=O)Nc1cccc(NC(=O)C(C)(C)C(=O)N2CCCCCC2)c1. The molecule has 6 heteroatoms. The van der Waals surface area contributed by atoms with E-state index >= 15 is 0 Å². The van der Waals surface area contributed by atoms with Crippen molar-refractivity contribution in [1.29, 1.82) is 0 Å². The summed E-state index contributed by atoms with van der Waals surface area (Å²) in [6.45, 7) is 6.18. The van der Waals surface area contributed by atoms with Crippen molar-refractivity contribution >= 4 is 29.1 Å². The summed E-state index contributed by atoms with van der Waals surface area (Å²) < 4.78 is 0. The molecular formula is C19H27N3O3. The number of hydrogen-bond acceptors (Lipinski definition) is 3. The average molecular weight is 345 g/mol. The standard InChI is InChI=1S/C19H27N3O3/c1-14(23)20-15-9-8-10-16(13-15)21-17(24)19(2,3)18(25)22-11-6-4-5-7-12-22/h8-10,13H,4-7,11-12H2,1-3H3,(H,20,23)(H,21,24). The molecule has 0 spiro atoms. The molecule has 2 N–H and O–H groups in total. The lowest BCUT2D eigenvalue weighted by Gasteiger charge is -2.30. The zero-order valence-corrected chi connectivity index (χ0v) is 15.2. The number of nitrogens with zero attached hydrogens (tertiary/aromatic N) is 1. The van der Waals surface area contributed by atoms with Crippen LogP contribution in [0, 0.1) is 5.41 Å². The van der Waals surface area contributed by atoms with Crippen molar-refractivity contribution < 1.29 is 14.4 Å². The van der Waals surface area contributed by atoms with Crippen molar-refractivity contribution in [3.05, 3.63) is 24.3 Å². The van der Waals surface area contributed by atoms with Crippen LogP contribution < -0.4 is 10.6 Å². The van der Waals surface area contributed by atoms with Gasteiger partial charge in [0.15, 0.2) is 0 Å². The number of hydrogen-bond donors (Lipinski definition) is 2. The van der Waals surface area contributed by atoms with E-state index in [0.717, 1.165) is 25.7 Å². The molecule has 0 atom stereocenters. The first-order chi connectivity index (χ1) is 11.8. The monoisotopic (exact) mass is 345 g/mol. The molecule has 6 nitrogen and oxygen atoms in total. The molecule has 1 aromatic carbocycles. The smallest absolute Gasteiger partial charge is 0.239 e. The maximum atomic E-state index is 12.8. The van der Waals surface area contributed by atoms with Crippen LogP contribution in [0.3, 0.4) is 0 Å². The zero-order valence-electron chi connectivity index (χ0n) is 15.2. The first kappa shape index (κ1) is 19.0. The van der Waals surface area contributed by atoms with Gasteiger partial charge in [0, 0.05) is 31.4 Å². The van der Waals surface area contributed by atoms with Crippen LogP contribution in [0.5, 0.6) is 0 Å². The van der Waals surface area contributed by atoms with Gasteiger partial charge in [-0.05, 0) is 44.9 Å². The van der Waals surface area contributed by atoms with Gasteiger partial charge in [0.05, 0.1) is 0 Å². The Hall–Kier alpha value is -2.37.